The van der Waals surface area contributed by atoms with E-state index in [2.05, 4.69) is 105 Å². The molecule has 0 unspecified atom stereocenters. The van der Waals surface area contributed by atoms with E-state index in [0.29, 0.717) is 0 Å². The molecule has 0 saturated heterocycles. The molecule has 0 aromatic heterocycles. The molecule has 0 spiro atoms. The fraction of sp³-hybridized carbons (Fsp3) is 0.185. The summed E-state index contributed by atoms with van der Waals surface area (Å²) in [6.45, 7) is 10.2. The Hall–Kier alpha value is -3.22. The molecular formula is C27H26. The highest BCUT2D eigenvalue weighted by molar-refractivity contribution is 5.51. The van der Waals surface area contributed by atoms with Gasteiger partial charge in [-0.1, -0.05) is 72.9 Å². The monoisotopic (exact) mass is 350 g/mol. The zero-order chi connectivity index (χ0) is 19.6. The molecule has 0 atom stereocenters. The predicted octanol–water partition coefficient (Wildman–Crippen LogP) is 6.44. The third kappa shape index (κ3) is 6.22. The molecule has 0 radical (unpaired) electrons. The van der Waals surface area contributed by atoms with Gasteiger partial charge in [0.05, 0.1) is 0 Å². The summed E-state index contributed by atoms with van der Waals surface area (Å²) in [4.78, 5) is 0. The normalized spacial score (nSPS) is 9.07. The fourth-order valence-electron chi connectivity index (χ4n) is 2.44. The lowest BCUT2D eigenvalue weighted by Crippen LogP contribution is -1.85. The topological polar surface area (TPSA) is 0 Å². The van der Waals surface area contributed by atoms with E-state index in [1.807, 2.05) is 19.9 Å². The molecule has 0 heteroatoms. The minimum atomic E-state index is 1.01. The van der Waals surface area contributed by atoms with Crippen molar-refractivity contribution in [2.24, 2.45) is 0 Å². The molecule has 0 N–H and O–H groups in total. The maximum absolute atomic E-state index is 3.26. The Morgan fingerprint density at radius 1 is 0.481 bits per heavy atom. The van der Waals surface area contributed by atoms with Crippen molar-refractivity contribution in [3.8, 4) is 23.7 Å². The molecule has 0 fully saturated rings. The molecule has 3 rings (SSSR count). The number of hydrogen-bond acceptors (Lipinski definition) is 0. The smallest absolute Gasteiger partial charge is 0.0279 e. The molecule has 0 aliphatic heterocycles. The van der Waals surface area contributed by atoms with Gasteiger partial charge in [0, 0.05) is 22.3 Å². The standard InChI is InChI=1S/C25H20.C2H6/c1-19-4-8-22(9-5-19)12-13-24-15-17-25(21(3)18-24)16-14-23-10-6-20(2)7-11-23;1-2/h4-11,15,17-18H,1-3H3;1-2H3. The van der Waals surface area contributed by atoms with Crippen LogP contribution in [0.4, 0.5) is 0 Å². The van der Waals surface area contributed by atoms with Crippen LogP contribution in [0.5, 0.6) is 0 Å². The second kappa shape index (κ2) is 10.1. The van der Waals surface area contributed by atoms with Gasteiger partial charge in [-0.05, 0) is 68.8 Å². The molecule has 0 nitrogen and oxygen atoms in total. The molecule has 0 saturated carbocycles. The van der Waals surface area contributed by atoms with Crippen molar-refractivity contribution in [3.05, 3.63) is 106 Å². The fourth-order valence-corrected chi connectivity index (χ4v) is 2.44. The van der Waals surface area contributed by atoms with Gasteiger partial charge in [-0.25, -0.2) is 0 Å². The van der Waals surface area contributed by atoms with E-state index in [4.69, 9.17) is 0 Å². The lowest BCUT2D eigenvalue weighted by Gasteiger charge is -1.99. The van der Waals surface area contributed by atoms with Crippen LogP contribution in [0.2, 0.25) is 0 Å². The molecule has 134 valence electrons. The van der Waals surface area contributed by atoms with E-state index >= 15 is 0 Å². The Kier molecular flexibility index (Phi) is 7.49. The molecular weight excluding hydrogens is 324 g/mol. The summed E-state index contributed by atoms with van der Waals surface area (Å²) in [5.41, 5.74) is 7.77. The SMILES string of the molecule is CC.Cc1ccc(C#Cc2ccc(C#Cc3ccc(C)cc3)c(C)c2)cc1. The average molecular weight is 351 g/mol. The van der Waals surface area contributed by atoms with Crippen molar-refractivity contribution in [1.29, 1.82) is 0 Å². The molecule has 3 aromatic carbocycles. The highest BCUT2D eigenvalue weighted by atomic mass is 14.0. The first-order chi connectivity index (χ1) is 13.1. The zero-order valence-electron chi connectivity index (χ0n) is 16.9. The van der Waals surface area contributed by atoms with Crippen LogP contribution in [-0.2, 0) is 0 Å². The average Bonchev–Trinajstić information content (AvgIpc) is 2.70. The summed E-state index contributed by atoms with van der Waals surface area (Å²) in [5, 5.41) is 0. The number of rotatable bonds is 0. The molecule has 0 aliphatic rings. The first-order valence-electron chi connectivity index (χ1n) is 9.38. The van der Waals surface area contributed by atoms with Gasteiger partial charge in [-0.2, -0.15) is 0 Å². The van der Waals surface area contributed by atoms with Crippen LogP contribution in [0, 0.1) is 44.5 Å². The van der Waals surface area contributed by atoms with Crippen LogP contribution in [-0.4, -0.2) is 0 Å². The lowest BCUT2D eigenvalue weighted by atomic mass is 10.0. The van der Waals surface area contributed by atoms with E-state index < -0.39 is 0 Å². The van der Waals surface area contributed by atoms with Crippen molar-refractivity contribution in [2.45, 2.75) is 34.6 Å². The molecule has 0 aliphatic carbocycles. The summed E-state index contributed by atoms with van der Waals surface area (Å²) in [6, 6.07) is 22.7. The first kappa shape index (κ1) is 20.1. The van der Waals surface area contributed by atoms with Crippen molar-refractivity contribution in [3.63, 3.8) is 0 Å². The number of hydrogen-bond donors (Lipinski definition) is 0. The van der Waals surface area contributed by atoms with Crippen molar-refractivity contribution in [2.75, 3.05) is 0 Å². The van der Waals surface area contributed by atoms with Gasteiger partial charge in [-0.3, -0.25) is 0 Å². The van der Waals surface area contributed by atoms with Crippen LogP contribution < -0.4 is 0 Å². The van der Waals surface area contributed by atoms with Crippen LogP contribution in [0.15, 0.2) is 66.7 Å². The highest BCUT2D eigenvalue weighted by Crippen LogP contribution is 2.10. The van der Waals surface area contributed by atoms with E-state index in [9.17, 15) is 0 Å². The van der Waals surface area contributed by atoms with Gasteiger partial charge in [0.2, 0.25) is 0 Å². The Labute approximate surface area is 164 Å². The van der Waals surface area contributed by atoms with Crippen LogP contribution in [0.1, 0.15) is 52.8 Å². The second-order valence-corrected chi connectivity index (χ2v) is 6.26. The van der Waals surface area contributed by atoms with Gasteiger partial charge in [-0.15, -0.1) is 0 Å². The zero-order valence-corrected chi connectivity index (χ0v) is 16.9. The largest absolute Gasteiger partial charge is 0.0683 e. The summed E-state index contributed by atoms with van der Waals surface area (Å²) in [6.07, 6.45) is 0. The van der Waals surface area contributed by atoms with E-state index in [0.717, 1.165) is 27.8 Å². The van der Waals surface area contributed by atoms with E-state index in [1.165, 1.54) is 11.1 Å². The third-order valence-corrected chi connectivity index (χ3v) is 4.02. The van der Waals surface area contributed by atoms with Crippen molar-refractivity contribution in [1.82, 2.24) is 0 Å². The maximum Gasteiger partial charge on any atom is 0.0279 e. The quantitative estimate of drug-likeness (QED) is 0.409. The van der Waals surface area contributed by atoms with Crippen LogP contribution in [0.25, 0.3) is 0 Å². The van der Waals surface area contributed by atoms with Crippen molar-refractivity contribution < 1.29 is 0 Å². The van der Waals surface area contributed by atoms with E-state index in [1.54, 1.807) is 0 Å². The van der Waals surface area contributed by atoms with Gasteiger partial charge < -0.3 is 0 Å². The van der Waals surface area contributed by atoms with Crippen LogP contribution >= 0.6 is 0 Å². The number of benzene rings is 3. The minimum Gasteiger partial charge on any atom is -0.0683 e. The lowest BCUT2D eigenvalue weighted by molar-refractivity contribution is 1.42. The van der Waals surface area contributed by atoms with Gasteiger partial charge in [0.1, 0.15) is 0 Å². The second-order valence-electron chi connectivity index (χ2n) is 6.26. The van der Waals surface area contributed by atoms with Crippen LogP contribution in [0.3, 0.4) is 0 Å². The van der Waals surface area contributed by atoms with Crippen molar-refractivity contribution >= 4 is 0 Å². The van der Waals surface area contributed by atoms with Gasteiger partial charge in [0.25, 0.3) is 0 Å². The summed E-state index contributed by atoms with van der Waals surface area (Å²) >= 11 is 0. The summed E-state index contributed by atoms with van der Waals surface area (Å²) in [5.74, 6) is 12.9. The van der Waals surface area contributed by atoms with Gasteiger partial charge >= 0.3 is 0 Å². The molecule has 3 aromatic rings. The van der Waals surface area contributed by atoms with E-state index in [-0.39, 0.29) is 0 Å². The Morgan fingerprint density at radius 2 is 0.889 bits per heavy atom. The van der Waals surface area contributed by atoms with Gasteiger partial charge in [0.15, 0.2) is 0 Å². The first-order valence-corrected chi connectivity index (χ1v) is 9.38. The highest BCUT2D eigenvalue weighted by Gasteiger charge is 1.96. The molecule has 0 heterocycles. The minimum absolute atomic E-state index is 1.01. The Bertz CT molecular complexity index is 996. The number of aryl methyl sites for hydroxylation is 3. The maximum atomic E-state index is 3.26. The molecule has 0 amide bonds. The summed E-state index contributed by atoms with van der Waals surface area (Å²) < 4.78 is 0. The molecule has 27 heavy (non-hydrogen) atoms. The Morgan fingerprint density at radius 3 is 1.37 bits per heavy atom. The summed E-state index contributed by atoms with van der Waals surface area (Å²) in [7, 11) is 0. The third-order valence-electron chi connectivity index (χ3n) is 4.02. The Balaban J connectivity index is 0.00000126. The molecule has 0 bridgehead atoms. The predicted molar refractivity (Wildman–Crippen MR) is 117 cm³/mol.